The van der Waals surface area contributed by atoms with E-state index >= 15 is 0 Å². The number of nitrogens with one attached hydrogen (secondary N) is 1. The molecule has 0 bridgehead atoms. The fourth-order valence-electron chi connectivity index (χ4n) is 4.53. The lowest BCUT2D eigenvalue weighted by Crippen LogP contribution is -2.43. The van der Waals surface area contributed by atoms with Crippen molar-refractivity contribution in [3.63, 3.8) is 0 Å². The first-order valence-corrected chi connectivity index (χ1v) is 11.7. The Kier molecular flexibility index (Phi) is 6.33. The van der Waals surface area contributed by atoms with Gasteiger partial charge in [-0.15, -0.1) is 0 Å². The molecule has 7 nitrogen and oxygen atoms in total. The molecule has 1 N–H and O–H groups in total. The van der Waals surface area contributed by atoms with Gasteiger partial charge in [0, 0.05) is 49.9 Å². The van der Waals surface area contributed by atoms with E-state index in [4.69, 9.17) is 0 Å². The van der Waals surface area contributed by atoms with Crippen LogP contribution in [0.1, 0.15) is 28.8 Å². The second kappa shape index (κ2) is 9.87. The first kappa shape index (κ1) is 21.8. The van der Waals surface area contributed by atoms with Crippen LogP contribution in [-0.2, 0) is 17.8 Å². The summed E-state index contributed by atoms with van der Waals surface area (Å²) in [6, 6.07) is 19.5. The molecule has 0 radical (unpaired) electrons. The largest absolute Gasteiger partial charge is 0.338 e. The molecule has 2 aromatic heterocycles. The minimum atomic E-state index is -0.255. The quantitative estimate of drug-likeness (QED) is 0.475. The molecule has 1 fully saturated rings. The molecule has 2 aromatic carbocycles. The Morgan fingerprint density at radius 1 is 1.00 bits per heavy atom. The first-order chi connectivity index (χ1) is 16.7. The number of aromatic nitrogens is 3. The van der Waals surface area contributed by atoms with Crippen LogP contribution in [0.4, 0.5) is 5.82 Å². The van der Waals surface area contributed by atoms with Gasteiger partial charge in [-0.2, -0.15) is 5.10 Å². The molecule has 1 aliphatic rings. The molecule has 1 atom stereocenters. The van der Waals surface area contributed by atoms with E-state index in [0.29, 0.717) is 24.5 Å². The van der Waals surface area contributed by atoms with Crippen molar-refractivity contribution in [3.05, 3.63) is 90.4 Å². The molecule has 1 saturated heterocycles. The summed E-state index contributed by atoms with van der Waals surface area (Å²) in [5.74, 6) is 0.177. The van der Waals surface area contributed by atoms with Crippen molar-refractivity contribution in [2.45, 2.75) is 25.8 Å². The Morgan fingerprint density at radius 3 is 2.71 bits per heavy atom. The number of amides is 2. The number of pyridine rings is 1. The number of hydrogen-bond acceptors (Lipinski definition) is 4. The lowest BCUT2D eigenvalue weighted by Gasteiger charge is -2.32. The zero-order valence-corrected chi connectivity index (χ0v) is 18.9. The molecule has 2 amide bonds. The summed E-state index contributed by atoms with van der Waals surface area (Å²) in [4.78, 5) is 32.1. The number of rotatable bonds is 6. The van der Waals surface area contributed by atoms with Crippen molar-refractivity contribution >= 4 is 28.4 Å². The molecule has 34 heavy (non-hydrogen) atoms. The lowest BCUT2D eigenvalue weighted by molar-refractivity contribution is -0.121. The van der Waals surface area contributed by atoms with Crippen molar-refractivity contribution < 1.29 is 9.59 Å². The van der Waals surface area contributed by atoms with E-state index < -0.39 is 0 Å². The average Bonchev–Trinajstić information content (AvgIpc) is 3.34. The van der Waals surface area contributed by atoms with Crippen LogP contribution in [0.15, 0.2) is 79.3 Å². The smallest absolute Gasteiger partial charge is 0.254 e. The summed E-state index contributed by atoms with van der Waals surface area (Å²) in [7, 11) is 0. The van der Waals surface area contributed by atoms with Gasteiger partial charge in [-0.25, -0.2) is 0 Å². The monoisotopic (exact) mass is 453 g/mol. The number of piperidine rings is 1. The number of benzene rings is 2. The van der Waals surface area contributed by atoms with Crippen LogP contribution in [0.2, 0.25) is 0 Å². The third kappa shape index (κ3) is 4.83. The van der Waals surface area contributed by atoms with Gasteiger partial charge in [-0.3, -0.25) is 19.3 Å². The molecule has 1 aliphatic heterocycles. The van der Waals surface area contributed by atoms with Crippen LogP contribution < -0.4 is 5.32 Å². The first-order valence-electron chi connectivity index (χ1n) is 11.7. The predicted molar refractivity (Wildman–Crippen MR) is 131 cm³/mol. The third-order valence-electron chi connectivity index (χ3n) is 6.37. The number of carbonyl (C=O) groups is 2. The highest BCUT2D eigenvalue weighted by Crippen LogP contribution is 2.24. The molecule has 0 spiro atoms. The van der Waals surface area contributed by atoms with Gasteiger partial charge in [-0.1, -0.05) is 36.4 Å². The van der Waals surface area contributed by atoms with E-state index in [-0.39, 0.29) is 17.7 Å². The highest BCUT2D eigenvalue weighted by atomic mass is 16.2. The van der Waals surface area contributed by atoms with Crippen molar-refractivity contribution in [2.24, 2.45) is 5.92 Å². The van der Waals surface area contributed by atoms with E-state index in [9.17, 15) is 9.59 Å². The molecule has 1 unspecified atom stereocenters. The number of hydrogen-bond donors (Lipinski definition) is 1. The molecular weight excluding hydrogens is 426 g/mol. The number of carbonyl (C=O) groups excluding carboxylic acids is 2. The maximum Gasteiger partial charge on any atom is 0.254 e. The van der Waals surface area contributed by atoms with Gasteiger partial charge >= 0.3 is 0 Å². The lowest BCUT2D eigenvalue weighted by atomic mass is 9.95. The Bertz CT molecular complexity index is 1300. The summed E-state index contributed by atoms with van der Waals surface area (Å²) in [5, 5.41) is 9.41. The molecule has 5 rings (SSSR count). The molecule has 4 aromatic rings. The van der Waals surface area contributed by atoms with Crippen LogP contribution in [-0.4, -0.2) is 44.6 Å². The molecule has 172 valence electrons. The van der Waals surface area contributed by atoms with E-state index in [2.05, 4.69) is 15.4 Å². The second-order valence-corrected chi connectivity index (χ2v) is 8.68. The summed E-state index contributed by atoms with van der Waals surface area (Å²) in [5.41, 5.74) is 1.88. The Hall–Kier alpha value is -4.00. The Morgan fingerprint density at radius 2 is 1.82 bits per heavy atom. The Balaban J connectivity index is 1.21. The third-order valence-corrected chi connectivity index (χ3v) is 6.37. The van der Waals surface area contributed by atoms with Gasteiger partial charge in [0.05, 0.1) is 5.92 Å². The fourth-order valence-corrected chi connectivity index (χ4v) is 4.53. The van der Waals surface area contributed by atoms with Crippen LogP contribution >= 0.6 is 0 Å². The van der Waals surface area contributed by atoms with Crippen LogP contribution in [0, 0.1) is 5.92 Å². The number of fused-ring (bicyclic) bond motifs is 1. The number of anilines is 1. The minimum absolute atomic E-state index is 0.0188. The molecule has 7 heteroatoms. The van der Waals surface area contributed by atoms with E-state index in [0.717, 1.165) is 36.6 Å². The second-order valence-electron chi connectivity index (χ2n) is 8.68. The molecule has 3 heterocycles. The van der Waals surface area contributed by atoms with Crippen molar-refractivity contribution in [2.75, 3.05) is 18.4 Å². The summed E-state index contributed by atoms with van der Waals surface area (Å²) < 4.78 is 1.83. The summed E-state index contributed by atoms with van der Waals surface area (Å²) >= 11 is 0. The Labute approximate surface area is 198 Å². The van der Waals surface area contributed by atoms with Crippen LogP contribution in [0.3, 0.4) is 0 Å². The number of likely N-dealkylation sites (tertiary alicyclic amines) is 1. The maximum absolute atomic E-state index is 13.3. The number of aryl methyl sites for hydroxylation is 2. The van der Waals surface area contributed by atoms with E-state index in [1.54, 1.807) is 12.4 Å². The van der Waals surface area contributed by atoms with Gasteiger partial charge in [0.2, 0.25) is 5.91 Å². The average molecular weight is 454 g/mol. The van der Waals surface area contributed by atoms with Crippen LogP contribution in [0.25, 0.3) is 10.8 Å². The van der Waals surface area contributed by atoms with Gasteiger partial charge in [-0.05, 0) is 53.8 Å². The van der Waals surface area contributed by atoms with Crippen molar-refractivity contribution in [3.8, 4) is 0 Å². The van der Waals surface area contributed by atoms with Crippen LogP contribution in [0.5, 0.6) is 0 Å². The fraction of sp³-hybridized carbons (Fsp3) is 0.259. The van der Waals surface area contributed by atoms with Gasteiger partial charge in [0.1, 0.15) is 0 Å². The minimum Gasteiger partial charge on any atom is -0.338 e. The summed E-state index contributed by atoms with van der Waals surface area (Å²) in [6.07, 6.45) is 7.83. The van der Waals surface area contributed by atoms with Crippen molar-refractivity contribution in [1.29, 1.82) is 0 Å². The van der Waals surface area contributed by atoms with Gasteiger partial charge in [0.15, 0.2) is 5.82 Å². The van der Waals surface area contributed by atoms with E-state index in [1.807, 2.05) is 76.4 Å². The predicted octanol–water partition coefficient (Wildman–Crippen LogP) is 4.16. The SMILES string of the molecule is O=C(Nc1ccn(CCc2ccncc2)n1)C1CCCN(C(=O)c2cccc3ccccc23)C1. The zero-order chi connectivity index (χ0) is 23.3. The standard InChI is InChI=1S/C27H27N5O2/c33-26(29-25-13-18-32(30-25)17-12-20-10-14-28-15-11-20)22-7-4-16-31(19-22)27(34)24-9-3-6-21-5-1-2-8-23(21)24/h1-3,5-6,8-11,13-15,18,22H,4,7,12,16-17,19H2,(H,29,30,33). The van der Waals surface area contributed by atoms with Crippen molar-refractivity contribution in [1.82, 2.24) is 19.7 Å². The normalized spacial score (nSPS) is 15.9. The summed E-state index contributed by atoms with van der Waals surface area (Å²) in [6.45, 7) is 1.79. The molecule has 0 saturated carbocycles. The van der Waals surface area contributed by atoms with Gasteiger partial charge in [0.25, 0.3) is 5.91 Å². The molecule has 0 aliphatic carbocycles. The topological polar surface area (TPSA) is 80.1 Å². The molecular formula is C27H27N5O2. The number of nitrogens with zero attached hydrogens (tertiary/aromatic N) is 4. The maximum atomic E-state index is 13.3. The zero-order valence-electron chi connectivity index (χ0n) is 18.9. The highest BCUT2D eigenvalue weighted by molar-refractivity contribution is 6.07. The van der Waals surface area contributed by atoms with Gasteiger partial charge < -0.3 is 10.2 Å². The van der Waals surface area contributed by atoms with E-state index in [1.165, 1.54) is 5.56 Å². The highest BCUT2D eigenvalue weighted by Gasteiger charge is 2.29.